The van der Waals surface area contributed by atoms with Crippen LogP contribution in [0.1, 0.15) is 5.56 Å². The summed E-state index contributed by atoms with van der Waals surface area (Å²) in [6.07, 6.45) is 1.41. The predicted molar refractivity (Wildman–Crippen MR) is 104 cm³/mol. The minimum atomic E-state index is -0.574. The highest BCUT2D eigenvalue weighted by Crippen LogP contribution is 2.29. The quantitative estimate of drug-likeness (QED) is 0.434. The van der Waals surface area contributed by atoms with Crippen LogP contribution in [0.4, 0.5) is 5.69 Å². The fraction of sp³-hybridized carbons (Fsp3) is 0.150. The number of halogens is 1. The number of benzene rings is 2. The van der Waals surface area contributed by atoms with Crippen LogP contribution >= 0.6 is 11.6 Å². The van der Waals surface area contributed by atoms with E-state index in [-0.39, 0.29) is 12.2 Å². The van der Waals surface area contributed by atoms with E-state index in [0.29, 0.717) is 27.8 Å². The Labute approximate surface area is 167 Å². The van der Waals surface area contributed by atoms with Crippen molar-refractivity contribution in [2.24, 2.45) is 0 Å². The molecule has 0 fully saturated rings. The van der Waals surface area contributed by atoms with Crippen molar-refractivity contribution in [2.75, 3.05) is 26.1 Å². The van der Waals surface area contributed by atoms with Crippen LogP contribution in [-0.4, -0.2) is 32.7 Å². The van der Waals surface area contributed by atoms with Gasteiger partial charge in [0.05, 0.1) is 14.2 Å². The maximum Gasteiger partial charge on any atom is 0.343 e. The van der Waals surface area contributed by atoms with E-state index in [1.807, 2.05) is 6.07 Å². The molecule has 2 aromatic carbocycles. The number of nitrogens with one attached hydrogen (secondary N) is 1. The van der Waals surface area contributed by atoms with Crippen molar-refractivity contribution < 1.29 is 23.8 Å². The fourth-order valence-corrected chi connectivity index (χ4v) is 2.36. The van der Waals surface area contributed by atoms with Crippen molar-refractivity contribution in [3.05, 3.63) is 58.6 Å². The molecule has 0 atom stereocenters. The Morgan fingerprint density at radius 3 is 2.61 bits per heavy atom. The normalized spacial score (nSPS) is 10.6. The molecule has 0 bridgehead atoms. The van der Waals surface area contributed by atoms with Gasteiger partial charge in [-0.25, -0.2) is 4.79 Å². The van der Waals surface area contributed by atoms with Crippen LogP contribution < -0.4 is 14.8 Å². The number of methoxy groups -OCH3 is 2. The number of ether oxygens (including phenoxy) is 3. The summed E-state index contributed by atoms with van der Waals surface area (Å²) in [5.74, 6) is -0.442. The summed E-state index contributed by atoms with van der Waals surface area (Å²) in [6, 6.07) is 13.2. The first-order valence-corrected chi connectivity index (χ1v) is 8.41. The zero-order valence-corrected chi connectivity index (χ0v) is 15.9. The van der Waals surface area contributed by atoms with E-state index in [1.165, 1.54) is 20.3 Å². The van der Waals surface area contributed by atoms with Crippen molar-refractivity contribution in [3.63, 3.8) is 0 Å². The summed E-state index contributed by atoms with van der Waals surface area (Å²) in [5, 5.41) is 12.4. The zero-order valence-electron chi connectivity index (χ0n) is 15.2. The first kappa shape index (κ1) is 20.8. The summed E-state index contributed by atoms with van der Waals surface area (Å²) in [5.41, 5.74) is 0.910. The Kier molecular flexibility index (Phi) is 7.43. The second-order valence-electron chi connectivity index (χ2n) is 5.41. The maximum atomic E-state index is 12.3. The second kappa shape index (κ2) is 10.00. The molecular formula is C20H17ClN2O5. The molecule has 2 rings (SSSR count). The van der Waals surface area contributed by atoms with Gasteiger partial charge in [-0.05, 0) is 42.0 Å². The molecule has 0 radical (unpaired) electrons. The molecule has 8 heteroatoms. The Bertz CT molecular complexity index is 950. The number of esters is 1. The topological polar surface area (TPSA) is 97.7 Å². The fourth-order valence-electron chi connectivity index (χ4n) is 2.17. The molecule has 0 unspecified atom stereocenters. The Morgan fingerprint density at radius 2 is 1.96 bits per heavy atom. The van der Waals surface area contributed by atoms with Gasteiger partial charge in [0.1, 0.15) is 11.6 Å². The first-order chi connectivity index (χ1) is 13.5. The molecule has 0 aliphatic carbocycles. The molecule has 0 saturated heterocycles. The van der Waals surface area contributed by atoms with Gasteiger partial charge in [-0.15, -0.1) is 0 Å². The third-order valence-electron chi connectivity index (χ3n) is 3.52. The van der Waals surface area contributed by atoms with Crippen molar-refractivity contribution >= 4 is 35.2 Å². The predicted octanol–water partition coefficient (Wildman–Crippen LogP) is 3.45. The highest BCUT2D eigenvalue weighted by atomic mass is 35.5. The minimum absolute atomic E-state index is 0.106. The number of hydrogen-bond donors (Lipinski definition) is 1. The average Bonchev–Trinajstić information content (AvgIpc) is 2.70. The van der Waals surface area contributed by atoms with E-state index >= 15 is 0 Å². The summed E-state index contributed by atoms with van der Waals surface area (Å²) >= 11 is 5.89. The number of amides is 1. The van der Waals surface area contributed by atoms with Gasteiger partial charge in [0.2, 0.25) is 0 Å². The Balaban J connectivity index is 2.19. The summed E-state index contributed by atoms with van der Waals surface area (Å²) in [7, 11) is 2.69. The van der Waals surface area contributed by atoms with Gasteiger partial charge < -0.3 is 19.5 Å². The van der Waals surface area contributed by atoms with Gasteiger partial charge in [0.15, 0.2) is 18.1 Å². The van der Waals surface area contributed by atoms with Crippen LogP contribution in [0, 0.1) is 11.3 Å². The molecule has 0 spiro atoms. The number of rotatable bonds is 7. The molecule has 0 aliphatic heterocycles. The zero-order chi connectivity index (χ0) is 20.5. The van der Waals surface area contributed by atoms with Crippen LogP contribution in [-0.2, 0) is 14.3 Å². The van der Waals surface area contributed by atoms with Crippen LogP contribution in [0.15, 0.2) is 48.0 Å². The summed E-state index contributed by atoms with van der Waals surface area (Å²) < 4.78 is 15.1. The largest absolute Gasteiger partial charge is 0.493 e. The lowest BCUT2D eigenvalue weighted by Gasteiger charge is -2.10. The number of nitrogens with zero attached hydrogens (tertiary/aromatic N) is 1. The molecular weight excluding hydrogens is 384 g/mol. The van der Waals surface area contributed by atoms with Gasteiger partial charge in [-0.2, -0.15) is 5.26 Å². The van der Waals surface area contributed by atoms with Gasteiger partial charge in [0.25, 0.3) is 5.91 Å². The molecule has 2 aromatic rings. The van der Waals surface area contributed by atoms with Gasteiger partial charge in [0, 0.05) is 10.7 Å². The lowest BCUT2D eigenvalue weighted by atomic mass is 10.1. The number of hydrogen-bond acceptors (Lipinski definition) is 6. The van der Waals surface area contributed by atoms with E-state index in [9.17, 15) is 14.9 Å². The maximum absolute atomic E-state index is 12.3. The monoisotopic (exact) mass is 400 g/mol. The molecule has 0 aliphatic rings. The number of anilines is 1. The Hall–Kier alpha value is -3.50. The summed E-state index contributed by atoms with van der Waals surface area (Å²) in [6.45, 7) is -0.270. The smallest absolute Gasteiger partial charge is 0.343 e. The molecule has 0 heterocycles. The van der Waals surface area contributed by atoms with Gasteiger partial charge >= 0.3 is 5.97 Å². The van der Waals surface area contributed by atoms with E-state index in [1.54, 1.807) is 42.5 Å². The van der Waals surface area contributed by atoms with E-state index in [2.05, 4.69) is 10.1 Å². The molecule has 0 saturated carbocycles. The molecule has 28 heavy (non-hydrogen) atoms. The number of carbonyl (C=O) groups excluding carboxylic acids is 2. The van der Waals surface area contributed by atoms with Crippen molar-refractivity contribution in [2.45, 2.75) is 0 Å². The van der Waals surface area contributed by atoms with Gasteiger partial charge in [-0.3, -0.25) is 4.79 Å². The van der Waals surface area contributed by atoms with Crippen molar-refractivity contribution in [1.29, 1.82) is 5.26 Å². The van der Waals surface area contributed by atoms with E-state index < -0.39 is 11.9 Å². The highest BCUT2D eigenvalue weighted by molar-refractivity contribution is 6.31. The first-order valence-electron chi connectivity index (χ1n) is 8.03. The number of nitriles is 1. The standard InChI is InChI=1S/C20H17ClN2O5/c1-26-18-9-13(6-7-17(18)28-12-19(24)27-2)8-14(11-22)20(25)23-16-5-3-4-15(21)10-16/h3-10H,12H2,1-2H3,(H,23,25)/b14-8+. The molecule has 144 valence electrons. The average molecular weight is 401 g/mol. The molecule has 7 nitrogen and oxygen atoms in total. The second-order valence-corrected chi connectivity index (χ2v) is 5.85. The lowest BCUT2D eigenvalue weighted by molar-refractivity contribution is -0.142. The van der Waals surface area contributed by atoms with Crippen molar-refractivity contribution in [3.8, 4) is 17.6 Å². The van der Waals surface area contributed by atoms with Crippen LogP contribution in [0.2, 0.25) is 5.02 Å². The third kappa shape index (κ3) is 5.76. The summed E-state index contributed by atoms with van der Waals surface area (Å²) in [4.78, 5) is 23.5. The highest BCUT2D eigenvalue weighted by Gasteiger charge is 2.12. The van der Waals surface area contributed by atoms with Crippen molar-refractivity contribution in [1.82, 2.24) is 0 Å². The van der Waals surface area contributed by atoms with E-state index in [0.717, 1.165) is 0 Å². The SMILES string of the molecule is COC(=O)COc1ccc(/C=C(\C#N)C(=O)Nc2cccc(Cl)c2)cc1OC. The molecule has 1 amide bonds. The third-order valence-corrected chi connectivity index (χ3v) is 3.75. The molecule has 1 N–H and O–H groups in total. The van der Waals surface area contributed by atoms with E-state index in [4.69, 9.17) is 21.1 Å². The number of carbonyl (C=O) groups is 2. The van der Waals surface area contributed by atoms with Crippen LogP contribution in [0.3, 0.4) is 0 Å². The van der Waals surface area contributed by atoms with Crippen LogP contribution in [0.5, 0.6) is 11.5 Å². The Morgan fingerprint density at radius 1 is 1.18 bits per heavy atom. The lowest BCUT2D eigenvalue weighted by Crippen LogP contribution is -2.13. The minimum Gasteiger partial charge on any atom is -0.493 e. The van der Waals surface area contributed by atoms with Crippen LogP contribution in [0.25, 0.3) is 6.08 Å². The van der Waals surface area contributed by atoms with Gasteiger partial charge in [-0.1, -0.05) is 23.7 Å². The molecule has 0 aromatic heterocycles.